The lowest BCUT2D eigenvalue weighted by atomic mass is 9.99. The normalized spacial score (nSPS) is 11.8. The molecular formula is C25H23N3O5. The fourth-order valence-electron chi connectivity index (χ4n) is 3.66. The molecule has 0 aliphatic rings. The molecule has 0 bridgehead atoms. The molecule has 4 aromatic rings. The van der Waals surface area contributed by atoms with Crippen molar-refractivity contribution in [1.29, 1.82) is 0 Å². The van der Waals surface area contributed by atoms with Gasteiger partial charge in [-0.2, -0.15) is 0 Å². The van der Waals surface area contributed by atoms with Crippen molar-refractivity contribution < 1.29 is 18.7 Å². The fraction of sp³-hybridized carbons (Fsp3) is 0.200. The number of rotatable bonds is 7. The van der Waals surface area contributed by atoms with Crippen molar-refractivity contribution in [1.82, 2.24) is 14.9 Å². The molecule has 2 heterocycles. The molecule has 33 heavy (non-hydrogen) atoms. The zero-order valence-corrected chi connectivity index (χ0v) is 18.3. The van der Waals surface area contributed by atoms with Gasteiger partial charge in [0.1, 0.15) is 23.0 Å². The van der Waals surface area contributed by atoms with Gasteiger partial charge >= 0.3 is 5.97 Å². The molecule has 1 atom stereocenters. The number of hydrogen-bond donors (Lipinski definition) is 1. The second-order valence-corrected chi connectivity index (χ2v) is 7.67. The maximum absolute atomic E-state index is 12.7. The molecule has 2 aromatic heterocycles. The van der Waals surface area contributed by atoms with Crippen LogP contribution in [0.25, 0.3) is 11.1 Å². The van der Waals surface area contributed by atoms with Crippen LogP contribution in [0.5, 0.6) is 0 Å². The summed E-state index contributed by atoms with van der Waals surface area (Å²) in [6.07, 6.45) is 1.89. The maximum Gasteiger partial charge on any atom is 0.343 e. The third kappa shape index (κ3) is 4.85. The minimum Gasteiger partial charge on any atom is -0.452 e. The highest BCUT2D eigenvalue weighted by Gasteiger charge is 2.25. The van der Waals surface area contributed by atoms with E-state index in [2.05, 4.69) is 10.3 Å². The van der Waals surface area contributed by atoms with Crippen molar-refractivity contribution in [3.63, 3.8) is 0 Å². The molecule has 0 aliphatic heterocycles. The third-order valence-electron chi connectivity index (χ3n) is 5.31. The number of aromatic nitrogens is 2. The Morgan fingerprint density at radius 1 is 1.09 bits per heavy atom. The van der Waals surface area contributed by atoms with E-state index in [1.165, 1.54) is 17.9 Å². The molecule has 0 radical (unpaired) electrons. The highest BCUT2D eigenvalue weighted by Crippen LogP contribution is 2.22. The highest BCUT2D eigenvalue weighted by molar-refractivity contribution is 6.03. The first-order valence-corrected chi connectivity index (χ1v) is 10.4. The molecule has 168 valence electrons. The van der Waals surface area contributed by atoms with Crippen LogP contribution in [-0.4, -0.2) is 28.0 Å². The lowest BCUT2D eigenvalue weighted by Crippen LogP contribution is -2.33. The van der Waals surface area contributed by atoms with Gasteiger partial charge in [0.15, 0.2) is 6.61 Å². The van der Waals surface area contributed by atoms with Gasteiger partial charge in [0.25, 0.3) is 11.5 Å². The predicted molar refractivity (Wildman–Crippen MR) is 122 cm³/mol. The first-order valence-electron chi connectivity index (χ1n) is 10.4. The first kappa shape index (κ1) is 22.0. The number of nitrogens with one attached hydrogen (secondary N) is 1. The molecule has 8 heteroatoms. The zero-order valence-electron chi connectivity index (χ0n) is 18.3. The lowest BCUT2D eigenvalue weighted by molar-refractivity contribution is -0.125. The van der Waals surface area contributed by atoms with Crippen LogP contribution in [0.15, 0.2) is 76.2 Å². The van der Waals surface area contributed by atoms with Gasteiger partial charge in [0.05, 0.1) is 6.04 Å². The Kier molecular flexibility index (Phi) is 6.35. The number of hydrogen-bond acceptors (Lipinski definition) is 6. The van der Waals surface area contributed by atoms with Gasteiger partial charge < -0.3 is 19.0 Å². The molecule has 2 aromatic carbocycles. The van der Waals surface area contributed by atoms with Gasteiger partial charge in [0.2, 0.25) is 5.71 Å². The molecule has 4 rings (SSSR count). The molecule has 0 fully saturated rings. The number of esters is 1. The van der Waals surface area contributed by atoms with E-state index in [9.17, 15) is 14.4 Å². The highest BCUT2D eigenvalue weighted by atomic mass is 16.5. The predicted octanol–water partition coefficient (Wildman–Crippen LogP) is 3.09. The Morgan fingerprint density at radius 2 is 1.76 bits per heavy atom. The Balaban J connectivity index is 1.48. The first-order chi connectivity index (χ1) is 15.9. The SMILES string of the molecule is Cc1oc2ncn(C)c(=O)c2c1C(=O)OCC(=O)NC(Cc1ccccc1)c1ccccc1. The van der Waals surface area contributed by atoms with Crippen LogP contribution in [0, 0.1) is 6.92 Å². The second-order valence-electron chi connectivity index (χ2n) is 7.67. The zero-order chi connectivity index (χ0) is 23.4. The Labute approximate surface area is 189 Å². The lowest BCUT2D eigenvalue weighted by Gasteiger charge is -2.19. The summed E-state index contributed by atoms with van der Waals surface area (Å²) < 4.78 is 11.9. The molecule has 1 amide bonds. The van der Waals surface area contributed by atoms with E-state index < -0.39 is 24.0 Å². The summed E-state index contributed by atoms with van der Waals surface area (Å²) in [5.41, 5.74) is 1.61. The summed E-state index contributed by atoms with van der Waals surface area (Å²) >= 11 is 0. The molecule has 8 nitrogen and oxygen atoms in total. The van der Waals surface area contributed by atoms with Gasteiger partial charge in [-0.15, -0.1) is 0 Å². The van der Waals surface area contributed by atoms with Crippen LogP contribution in [0.2, 0.25) is 0 Å². The number of benzene rings is 2. The largest absolute Gasteiger partial charge is 0.452 e. The average molecular weight is 445 g/mol. The van der Waals surface area contributed by atoms with Gasteiger partial charge in [0, 0.05) is 7.05 Å². The van der Waals surface area contributed by atoms with Crippen LogP contribution in [0.3, 0.4) is 0 Å². The standard InChI is InChI=1S/C25H23N3O5/c1-16-21(22-23(33-16)26-15-28(2)24(22)30)25(31)32-14-20(29)27-19(18-11-7-4-8-12-18)13-17-9-5-3-6-10-17/h3-12,15,19H,13-14H2,1-2H3,(H,27,29). The molecule has 0 saturated heterocycles. The van der Waals surface area contributed by atoms with Crippen molar-refractivity contribution in [3.05, 3.63) is 99.8 Å². The van der Waals surface area contributed by atoms with E-state index in [1.807, 2.05) is 60.7 Å². The van der Waals surface area contributed by atoms with Crippen LogP contribution in [0.4, 0.5) is 0 Å². The number of ether oxygens (including phenoxy) is 1. The Bertz CT molecular complexity index is 1340. The summed E-state index contributed by atoms with van der Waals surface area (Å²) in [5, 5.41) is 2.97. The number of aryl methyl sites for hydroxylation is 2. The van der Waals surface area contributed by atoms with Crippen molar-refractivity contribution in [2.24, 2.45) is 7.05 Å². The topological polar surface area (TPSA) is 103 Å². The summed E-state index contributed by atoms with van der Waals surface area (Å²) in [5.74, 6) is -1.06. The molecule has 0 spiro atoms. The monoisotopic (exact) mass is 445 g/mol. The quantitative estimate of drug-likeness (QED) is 0.439. The molecule has 0 aliphatic carbocycles. The summed E-state index contributed by atoms with van der Waals surface area (Å²) in [6, 6.07) is 19.1. The molecule has 1 N–H and O–H groups in total. The van der Waals surface area contributed by atoms with E-state index in [0.717, 1.165) is 11.1 Å². The van der Waals surface area contributed by atoms with Crippen molar-refractivity contribution in [2.75, 3.05) is 6.61 Å². The van der Waals surface area contributed by atoms with E-state index in [1.54, 1.807) is 6.92 Å². The summed E-state index contributed by atoms with van der Waals surface area (Å²) in [4.78, 5) is 41.9. The minimum absolute atomic E-state index is 0.0182. The number of amides is 1. The number of fused-ring (bicyclic) bond motifs is 1. The second kappa shape index (κ2) is 9.52. The molecule has 0 saturated carbocycles. The number of nitrogens with zero attached hydrogens (tertiary/aromatic N) is 2. The van der Waals surface area contributed by atoms with E-state index in [0.29, 0.717) is 6.42 Å². The van der Waals surface area contributed by atoms with E-state index in [-0.39, 0.29) is 28.5 Å². The van der Waals surface area contributed by atoms with Crippen molar-refractivity contribution in [2.45, 2.75) is 19.4 Å². The van der Waals surface area contributed by atoms with E-state index in [4.69, 9.17) is 9.15 Å². The van der Waals surface area contributed by atoms with Crippen LogP contribution in [-0.2, 0) is 23.0 Å². The van der Waals surface area contributed by atoms with Crippen molar-refractivity contribution in [3.8, 4) is 0 Å². The summed E-state index contributed by atoms with van der Waals surface area (Å²) in [6.45, 7) is 1.05. The average Bonchev–Trinajstić information content (AvgIpc) is 3.17. The van der Waals surface area contributed by atoms with E-state index >= 15 is 0 Å². The van der Waals surface area contributed by atoms with Gasteiger partial charge in [-0.05, 0) is 24.5 Å². The molecule has 1 unspecified atom stereocenters. The van der Waals surface area contributed by atoms with Crippen LogP contribution >= 0.6 is 0 Å². The third-order valence-corrected chi connectivity index (χ3v) is 5.31. The van der Waals surface area contributed by atoms with Gasteiger partial charge in [-0.3, -0.25) is 9.59 Å². The van der Waals surface area contributed by atoms with Crippen molar-refractivity contribution >= 4 is 23.0 Å². The number of carbonyl (C=O) groups excluding carboxylic acids is 2. The Morgan fingerprint density at radius 3 is 2.45 bits per heavy atom. The Hall–Kier alpha value is -4.20. The van der Waals surface area contributed by atoms with Gasteiger partial charge in [-0.25, -0.2) is 9.78 Å². The smallest absolute Gasteiger partial charge is 0.343 e. The van der Waals surface area contributed by atoms with Gasteiger partial charge in [-0.1, -0.05) is 60.7 Å². The maximum atomic E-state index is 12.7. The summed E-state index contributed by atoms with van der Waals surface area (Å²) in [7, 11) is 1.52. The van der Waals surface area contributed by atoms with Crippen LogP contribution in [0.1, 0.15) is 33.3 Å². The number of furan rings is 1. The fourth-order valence-corrected chi connectivity index (χ4v) is 3.66. The molecular weight excluding hydrogens is 422 g/mol. The number of carbonyl (C=O) groups is 2. The van der Waals surface area contributed by atoms with Crippen LogP contribution < -0.4 is 10.9 Å². The minimum atomic E-state index is -0.814.